The van der Waals surface area contributed by atoms with E-state index >= 15 is 0 Å². The largest absolute Gasteiger partial charge is 0.508 e. The summed E-state index contributed by atoms with van der Waals surface area (Å²) in [7, 11) is 0. The average Bonchev–Trinajstić information content (AvgIpc) is 2.83. The number of hydrogen-bond donors (Lipinski definition) is 3. The highest BCUT2D eigenvalue weighted by atomic mass is 16.3. The Morgan fingerprint density at radius 1 is 1.29 bits per heavy atom. The maximum absolute atomic E-state index is 11.6. The first-order valence-electron chi connectivity index (χ1n) is 5.26. The van der Waals surface area contributed by atoms with Gasteiger partial charge in [-0.3, -0.25) is 9.89 Å². The summed E-state index contributed by atoms with van der Waals surface area (Å²) < 4.78 is 0. The summed E-state index contributed by atoms with van der Waals surface area (Å²) in [6, 6.07) is 6.59. The van der Waals surface area contributed by atoms with Crippen molar-refractivity contribution in [3.63, 3.8) is 0 Å². The van der Waals surface area contributed by atoms with Gasteiger partial charge in [-0.05, 0) is 17.7 Å². The summed E-state index contributed by atoms with van der Waals surface area (Å²) >= 11 is 0. The molecule has 17 heavy (non-hydrogen) atoms. The van der Waals surface area contributed by atoms with Crippen LogP contribution in [0.1, 0.15) is 11.1 Å². The molecule has 1 heterocycles. The molecule has 2 rings (SSSR count). The lowest BCUT2D eigenvalue weighted by Crippen LogP contribution is -2.24. The summed E-state index contributed by atoms with van der Waals surface area (Å²) in [6.07, 6.45) is 3.71. The minimum atomic E-state index is -0.0584. The van der Waals surface area contributed by atoms with Gasteiger partial charge in [0.15, 0.2) is 0 Å². The number of aromatic nitrogens is 2. The molecule has 88 valence electrons. The lowest BCUT2D eigenvalue weighted by molar-refractivity contribution is -0.120. The van der Waals surface area contributed by atoms with E-state index in [1.54, 1.807) is 36.7 Å². The summed E-state index contributed by atoms with van der Waals surface area (Å²) in [5.41, 5.74) is 1.80. The number of amides is 1. The number of carbonyl (C=O) groups excluding carboxylic acids is 1. The second kappa shape index (κ2) is 5.16. The number of benzene rings is 1. The molecule has 1 amide bonds. The van der Waals surface area contributed by atoms with E-state index in [1.165, 1.54) is 0 Å². The zero-order chi connectivity index (χ0) is 12.1. The Balaban J connectivity index is 1.83. The van der Waals surface area contributed by atoms with Crippen LogP contribution in [0.25, 0.3) is 0 Å². The van der Waals surface area contributed by atoms with E-state index in [0.717, 1.165) is 11.1 Å². The van der Waals surface area contributed by atoms with Crippen LogP contribution in [0.2, 0.25) is 0 Å². The minimum absolute atomic E-state index is 0.0584. The SMILES string of the molecule is O=C(Cc1ccc(O)cc1)NCc1cn[nH]c1. The van der Waals surface area contributed by atoms with Gasteiger partial charge in [0.2, 0.25) is 5.91 Å². The van der Waals surface area contributed by atoms with E-state index in [-0.39, 0.29) is 11.7 Å². The number of aromatic hydroxyl groups is 1. The Labute approximate surface area is 98.5 Å². The highest BCUT2D eigenvalue weighted by molar-refractivity contribution is 5.78. The molecule has 0 aliphatic carbocycles. The fourth-order valence-corrected chi connectivity index (χ4v) is 1.44. The Hall–Kier alpha value is -2.30. The molecule has 0 radical (unpaired) electrons. The van der Waals surface area contributed by atoms with Gasteiger partial charge in [0.25, 0.3) is 0 Å². The molecular weight excluding hydrogens is 218 g/mol. The molecule has 0 atom stereocenters. The highest BCUT2D eigenvalue weighted by Crippen LogP contribution is 2.09. The Bertz CT molecular complexity index is 477. The van der Waals surface area contributed by atoms with Crippen molar-refractivity contribution >= 4 is 5.91 Å². The molecule has 0 aliphatic rings. The summed E-state index contributed by atoms with van der Waals surface area (Å²) in [5, 5.41) is 18.4. The number of carbonyl (C=O) groups is 1. The lowest BCUT2D eigenvalue weighted by Gasteiger charge is -2.03. The quantitative estimate of drug-likeness (QED) is 0.733. The normalized spacial score (nSPS) is 10.1. The van der Waals surface area contributed by atoms with E-state index in [4.69, 9.17) is 5.11 Å². The third-order valence-corrected chi connectivity index (χ3v) is 2.35. The first-order valence-corrected chi connectivity index (χ1v) is 5.26. The average molecular weight is 231 g/mol. The van der Waals surface area contributed by atoms with Gasteiger partial charge in [-0.15, -0.1) is 0 Å². The summed E-state index contributed by atoms with van der Waals surface area (Å²) in [6.45, 7) is 0.466. The standard InChI is InChI=1S/C12H13N3O2/c16-11-3-1-9(2-4-11)5-12(17)13-6-10-7-14-15-8-10/h1-4,7-8,16H,5-6H2,(H,13,17)(H,14,15). The van der Waals surface area contributed by atoms with Gasteiger partial charge in [0.05, 0.1) is 12.6 Å². The van der Waals surface area contributed by atoms with E-state index in [9.17, 15) is 4.79 Å². The maximum atomic E-state index is 11.6. The fourth-order valence-electron chi connectivity index (χ4n) is 1.44. The second-order valence-electron chi connectivity index (χ2n) is 3.73. The van der Waals surface area contributed by atoms with Gasteiger partial charge in [0, 0.05) is 18.3 Å². The van der Waals surface area contributed by atoms with Crippen LogP contribution in [0.4, 0.5) is 0 Å². The first-order chi connectivity index (χ1) is 8.24. The first kappa shape index (κ1) is 11.2. The summed E-state index contributed by atoms with van der Waals surface area (Å²) in [4.78, 5) is 11.6. The number of H-pyrrole nitrogens is 1. The van der Waals surface area contributed by atoms with Gasteiger partial charge >= 0.3 is 0 Å². The molecule has 2 aromatic rings. The van der Waals surface area contributed by atoms with E-state index in [1.807, 2.05) is 0 Å². The van der Waals surface area contributed by atoms with Gasteiger partial charge in [-0.1, -0.05) is 12.1 Å². The van der Waals surface area contributed by atoms with Crippen LogP contribution in [0.15, 0.2) is 36.7 Å². The van der Waals surface area contributed by atoms with Crippen molar-refractivity contribution < 1.29 is 9.90 Å². The zero-order valence-electron chi connectivity index (χ0n) is 9.18. The van der Waals surface area contributed by atoms with E-state index in [2.05, 4.69) is 15.5 Å². The van der Waals surface area contributed by atoms with Gasteiger partial charge in [-0.2, -0.15) is 5.10 Å². The van der Waals surface area contributed by atoms with Crippen molar-refractivity contribution in [1.29, 1.82) is 0 Å². The molecule has 0 unspecified atom stereocenters. The van der Waals surface area contributed by atoms with Gasteiger partial charge < -0.3 is 10.4 Å². The molecule has 5 nitrogen and oxygen atoms in total. The number of hydrogen-bond acceptors (Lipinski definition) is 3. The monoisotopic (exact) mass is 231 g/mol. The topological polar surface area (TPSA) is 78.0 Å². The van der Waals surface area contributed by atoms with Crippen LogP contribution >= 0.6 is 0 Å². The number of phenolic OH excluding ortho intramolecular Hbond substituents is 1. The molecule has 3 N–H and O–H groups in total. The fraction of sp³-hybridized carbons (Fsp3) is 0.167. The van der Waals surface area contributed by atoms with E-state index in [0.29, 0.717) is 13.0 Å². The lowest BCUT2D eigenvalue weighted by atomic mass is 10.1. The van der Waals surface area contributed by atoms with Crippen LogP contribution < -0.4 is 5.32 Å². The molecule has 0 saturated heterocycles. The molecule has 5 heteroatoms. The highest BCUT2D eigenvalue weighted by Gasteiger charge is 2.03. The van der Waals surface area contributed by atoms with Crippen LogP contribution in [0.3, 0.4) is 0 Å². The molecular formula is C12H13N3O2. The molecule has 0 spiro atoms. The predicted octanol–water partition coefficient (Wildman–Crippen LogP) is 0.974. The third-order valence-electron chi connectivity index (χ3n) is 2.35. The van der Waals surface area contributed by atoms with Crippen molar-refractivity contribution in [3.8, 4) is 5.75 Å². The minimum Gasteiger partial charge on any atom is -0.508 e. The smallest absolute Gasteiger partial charge is 0.224 e. The van der Waals surface area contributed by atoms with Crippen LogP contribution in [0.5, 0.6) is 5.75 Å². The predicted molar refractivity (Wildman–Crippen MR) is 62.2 cm³/mol. The van der Waals surface area contributed by atoms with Crippen molar-refractivity contribution in [3.05, 3.63) is 47.8 Å². The van der Waals surface area contributed by atoms with Crippen molar-refractivity contribution in [2.24, 2.45) is 0 Å². The van der Waals surface area contributed by atoms with Crippen LogP contribution in [0, 0.1) is 0 Å². The maximum Gasteiger partial charge on any atom is 0.224 e. The van der Waals surface area contributed by atoms with Gasteiger partial charge in [0.1, 0.15) is 5.75 Å². The van der Waals surface area contributed by atoms with Gasteiger partial charge in [-0.25, -0.2) is 0 Å². The Kier molecular flexibility index (Phi) is 3.40. The van der Waals surface area contributed by atoms with Crippen molar-refractivity contribution in [2.45, 2.75) is 13.0 Å². The van der Waals surface area contributed by atoms with E-state index < -0.39 is 0 Å². The number of nitrogens with zero attached hydrogens (tertiary/aromatic N) is 1. The number of aromatic amines is 1. The number of phenols is 1. The molecule has 1 aromatic heterocycles. The molecule has 0 saturated carbocycles. The number of nitrogens with one attached hydrogen (secondary N) is 2. The van der Waals surface area contributed by atoms with Crippen molar-refractivity contribution in [2.75, 3.05) is 0 Å². The van der Waals surface area contributed by atoms with Crippen molar-refractivity contribution in [1.82, 2.24) is 15.5 Å². The van der Waals surface area contributed by atoms with Crippen LogP contribution in [-0.4, -0.2) is 21.2 Å². The molecule has 1 aromatic carbocycles. The second-order valence-corrected chi connectivity index (χ2v) is 3.73. The molecule has 0 bridgehead atoms. The molecule has 0 aliphatic heterocycles. The zero-order valence-corrected chi connectivity index (χ0v) is 9.18. The Morgan fingerprint density at radius 2 is 2.06 bits per heavy atom. The third kappa shape index (κ3) is 3.34. The summed E-state index contributed by atoms with van der Waals surface area (Å²) in [5.74, 6) is 0.143. The number of rotatable bonds is 4. The van der Waals surface area contributed by atoms with Crippen LogP contribution in [-0.2, 0) is 17.8 Å². The Morgan fingerprint density at radius 3 is 2.71 bits per heavy atom. The molecule has 0 fully saturated rings.